The highest BCUT2D eigenvalue weighted by atomic mass is 16.5. The summed E-state index contributed by atoms with van der Waals surface area (Å²) in [5.74, 6) is -1.08. The molecule has 2 rings (SSSR count). The molecule has 0 atom stereocenters. The quantitative estimate of drug-likeness (QED) is 0.793. The van der Waals surface area contributed by atoms with Gasteiger partial charge in [0.1, 0.15) is 22.9 Å². The average molecular weight is 287 g/mol. The molecule has 0 radical (unpaired) electrons. The van der Waals surface area contributed by atoms with Crippen LogP contribution in [0.25, 0.3) is 0 Å². The lowest BCUT2D eigenvalue weighted by Gasteiger charge is -2.07. The Morgan fingerprint density at radius 2 is 1.81 bits per heavy atom. The average Bonchev–Trinajstić information content (AvgIpc) is 2.46. The van der Waals surface area contributed by atoms with Gasteiger partial charge in [-0.2, -0.15) is 0 Å². The Labute approximate surface area is 120 Å². The summed E-state index contributed by atoms with van der Waals surface area (Å²) in [6.07, 6.45) is 0.789. The smallest absolute Gasteiger partial charge is 0.303 e. The van der Waals surface area contributed by atoms with Crippen molar-refractivity contribution in [2.45, 2.75) is 12.8 Å². The summed E-state index contributed by atoms with van der Waals surface area (Å²) < 4.78 is 5.46. The van der Waals surface area contributed by atoms with Gasteiger partial charge in [-0.15, -0.1) is 0 Å². The molecule has 0 saturated heterocycles. The van der Waals surface area contributed by atoms with Crippen molar-refractivity contribution in [2.24, 2.45) is 0 Å². The number of ether oxygens (including phenoxy) is 1. The van der Waals surface area contributed by atoms with Crippen LogP contribution in [0.2, 0.25) is 0 Å². The highest BCUT2D eigenvalue weighted by molar-refractivity contribution is 5.98. The largest absolute Gasteiger partial charge is 0.505 e. The van der Waals surface area contributed by atoms with Crippen LogP contribution in [0.1, 0.15) is 23.3 Å². The van der Waals surface area contributed by atoms with E-state index in [0.717, 1.165) is 0 Å². The lowest BCUT2D eigenvalue weighted by atomic mass is 10.1. The maximum atomic E-state index is 11.7. The maximum Gasteiger partial charge on any atom is 0.303 e. The van der Waals surface area contributed by atoms with E-state index >= 15 is 0 Å². The molecule has 0 bridgehead atoms. The van der Waals surface area contributed by atoms with Gasteiger partial charge in [-0.25, -0.2) is 4.98 Å². The third kappa shape index (κ3) is 4.04. The minimum absolute atomic E-state index is 0.156. The summed E-state index contributed by atoms with van der Waals surface area (Å²) in [7, 11) is 0. The van der Waals surface area contributed by atoms with Crippen LogP contribution < -0.4 is 4.74 Å². The topological polar surface area (TPSA) is 96.7 Å². The molecular formula is C15H13NO5. The number of hydrogen-bond donors (Lipinski definition) is 2. The van der Waals surface area contributed by atoms with E-state index in [-0.39, 0.29) is 30.0 Å². The van der Waals surface area contributed by atoms with Crippen LogP contribution in [0.3, 0.4) is 0 Å². The monoisotopic (exact) mass is 287 g/mol. The van der Waals surface area contributed by atoms with Crippen LogP contribution in [0.5, 0.6) is 17.2 Å². The summed E-state index contributed by atoms with van der Waals surface area (Å²) in [6, 6.07) is 10.2. The van der Waals surface area contributed by atoms with Crippen molar-refractivity contribution < 1.29 is 24.5 Å². The first-order valence-corrected chi connectivity index (χ1v) is 6.23. The first-order chi connectivity index (χ1) is 10.1. The molecule has 0 unspecified atom stereocenters. The molecule has 108 valence electrons. The fourth-order valence-electron chi connectivity index (χ4n) is 1.67. The van der Waals surface area contributed by atoms with Gasteiger partial charge in [0, 0.05) is 12.5 Å². The van der Waals surface area contributed by atoms with Crippen LogP contribution in [-0.4, -0.2) is 26.9 Å². The van der Waals surface area contributed by atoms with Crippen molar-refractivity contribution in [3.63, 3.8) is 0 Å². The molecule has 2 N–H and O–H groups in total. The third-order valence-electron chi connectivity index (χ3n) is 2.65. The zero-order valence-electron chi connectivity index (χ0n) is 11.0. The Morgan fingerprint density at radius 3 is 2.43 bits per heavy atom. The van der Waals surface area contributed by atoms with Crippen LogP contribution in [0.4, 0.5) is 0 Å². The molecule has 0 spiro atoms. The van der Waals surface area contributed by atoms with Gasteiger partial charge in [-0.1, -0.05) is 18.2 Å². The first kappa shape index (κ1) is 14.5. The Morgan fingerprint density at radius 1 is 1.10 bits per heavy atom. The highest BCUT2D eigenvalue weighted by Gasteiger charge is 2.15. The molecule has 0 aliphatic rings. The van der Waals surface area contributed by atoms with E-state index in [0.29, 0.717) is 5.75 Å². The van der Waals surface area contributed by atoms with E-state index in [2.05, 4.69) is 4.98 Å². The fraction of sp³-hybridized carbons (Fsp3) is 0.133. The van der Waals surface area contributed by atoms with Crippen molar-refractivity contribution in [1.29, 1.82) is 0 Å². The maximum absolute atomic E-state index is 11.7. The molecule has 1 aromatic carbocycles. The number of carboxylic acids is 1. The van der Waals surface area contributed by atoms with Gasteiger partial charge in [0.15, 0.2) is 5.78 Å². The summed E-state index contributed by atoms with van der Waals surface area (Å²) in [5.41, 5.74) is -0.156. The zero-order chi connectivity index (χ0) is 15.2. The lowest BCUT2D eigenvalue weighted by molar-refractivity contribution is -0.136. The highest BCUT2D eigenvalue weighted by Crippen LogP contribution is 2.26. The number of pyridine rings is 1. The van der Waals surface area contributed by atoms with Gasteiger partial charge in [-0.3, -0.25) is 9.59 Å². The summed E-state index contributed by atoms with van der Waals surface area (Å²) >= 11 is 0. The van der Waals surface area contributed by atoms with Crippen molar-refractivity contribution in [3.8, 4) is 17.2 Å². The lowest BCUT2D eigenvalue weighted by Crippen LogP contribution is -2.06. The second kappa shape index (κ2) is 6.51. The first-order valence-electron chi connectivity index (χ1n) is 6.23. The number of nitrogens with zero attached hydrogens (tertiary/aromatic N) is 1. The minimum atomic E-state index is -1.08. The van der Waals surface area contributed by atoms with E-state index in [9.17, 15) is 14.7 Å². The van der Waals surface area contributed by atoms with E-state index < -0.39 is 11.8 Å². The standard InChI is InChI=1S/C15H13NO5/c17-12(6-7-14(19)20)15-13(18)8-11(9-16-15)21-10-4-2-1-3-5-10/h1-5,8-9,18H,6-7H2,(H,19,20). The van der Waals surface area contributed by atoms with Crippen molar-refractivity contribution in [2.75, 3.05) is 0 Å². The van der Waals surface area contributed by atoms with Crippen LogP contribution >= 0.6 is 0 Å². The van der Waals surface area contributed by atoms with Gasteiger partial charge >= 0.3 is 5.97 Å². The fourth-order valence-corrected chi connectivity index (χ4v) is 1.67. The number of hydrogen-bond acceptors (Lipinski definition) is 5. The Balaban J connectivity index is 2.10. The molecule has 1 heterocycles. The number of benzene rings is 1. The molecule has 0 aliphatic heterocycles. The summed E-state index contributed by atoms with van der Waals surface area (Å²) in [4.78, 5) is 26.0. The third-order valence-corrected chi connectivity index (χ3v) is 2.65. The number of aromatic hydroxyl groups is 1. The molecule has 1 aromatic heterocycles. The SMILES string of the molecule is O=C(O)CCC(=O)c1ncc(Oc2ccccc2)cc1O. The number of carbonyl (C=O) groups is 2. The van der Waals surface area contributed by atoms with Crippen molar-refractivity contribution in [3.05, 3.63) is 48.3 Å². The number of aliphatic carboxylic acids is 1. The second-order valence-corrected chi connectivity index (χ2v) is 4.27. The molecule has 0 saturated carbocycles. The van der Waals surface area contributed by atoms with Gasteiger partial charge in [0.25, 0.3) is 0 Å². The predicted octanol–water partition coefficient (Wildman–Crippen LogP) is 2.63. The van der Waals surface area contributed by atoms with Gasteiger partial charge in [0.05, 0.1) is 12.6 Å². The molecule has 21 heavy (non-hydrogen) atoms. The van der Waals surface area contributed by atoms with Crippen LogP contribution in [0.15, 0.2) is 42.6 Å². The number of aromatic nitrogens is 1. The van der Waals surface area contributed by atoms with Gasteiger partial charge in [-0.05, 0) is 12.1 Å². The van der Waals surface area contributed by atoms with Crippen molar-refractivity contribution in [1.82, 2.24) is 4.98 Å². The minimum Gasteiger partial charge on any atom is -0.505 e. The number of ketones is 1. The Kier molecular flexibility index (Phi) is 4.50. The summed E-state index contributed by atoms with van der Waals surface area (Å²) in [6.45, 7) is 0. The van der Waals surface area contributed by atoms with Crippen molar-refractivity contribution >= 4 is 11.8 Å². The van der Waals surface area contributed by atoms with Crippen LogP contribution in [0, 0.1) is 0 Å². The molecule has 0 fully saturated rings. The van der Waals surface area contributed by atoms with E-state index in [1.54, 1.807) is 24.3 Å². The number of para-hydroxylation sites is 1. The normalized spacial score (nSPS) is 10.1. The molecule has 0 amide bonds. The molecule has 0 aliphatic carbocycles. The van der Waals surface area contributed by atoms with Crippen LogP contribution in [-0.2, 0) is 4.79 Å². The zero-order valence-corrected chi connectivity index (χ0v) is 11.0. The molecular weight excluding hydrogens is 274 g/mol. The molecule has 6 nitrogen and oxygen atoms in total. The van der Waals surface area contributed by atoms with Gasteiger partial charge in [0.2, 0.25) is 0 Å². The Bertz CT molecular complexity index is 654. The number of carbonyl (C=O) groups excluding carboxylic acids is 1. The van der Waals surface area contributed by atoms with E-state index in [1.807, 2.05) is 6.07 Å². The van der Waals surface area contributed by atoms with Gasteiger partial charge < -0.3 is 14.9 Å². The van der Waals surface area contributed by atoms with E-state index in [4.69, 9.17) is 9.84 Å². The molecule has 2 aromatic rings. The number of rotatable bonds is 6. The van der Waals surface area contributed by atoms with E-state index in [1.165, 1.54) is 12.3 Å². The number of carboxylic acid groups (broad SMARTS) is 1. The Hall–Kier alpha value is -2.89. The summed E-state index contributed by atoms with van der Waals surface area (Å²) in [5, 5.41) is 18.3. The number of Topliss-reactive ketones (excluding diaryl/α,β-unsaturated/α-hetero) is 1. The predicted molar refractivity (Wildman–Crippen MR) is 73.6 cm³/mol. The molecule has 6 heteroatoms. The second-order valence-electron chi connectivity index (χ2n) is 4.27.